The fourth-order valence-electron chi connectivity index (χ4n) is 1.91. The van der Waals surface area contributed by atoms with Crippen LogP contribution in [0, 0.1) is 5.92 Å². The average molecular weight is 264 g/mol. The number of esters is 1. The second-order valence-electron chi connectivity index (χ2n) is 4.67. The molecular weight excluding hydrogens is 244 g/mol. The van der Waals surface area contributed by atoms with Crippen molar-refractivity contribution in [2.45, 2.75) is 39.0 Å². The number of benzene rings is 1. The van der Waals surface area contributed by atoms with Gasteiger partial charge in [0.15, 0.2) is 0 Å². The molecule has 0 amide bonds. The van der Waals surface area contributed by atoms with Gasteiger partial charge in [-0.1, -0.05) is 50.1 Å². The molecule has 1 unspecified atom stereocenters. The second kappa shape index (κ2) is 8.29. The minimum absolute atomic E-state index is 0.354. The number of carboxylic acid groups (broad SMARTS) is 1. The first-order chi connectivity index (χ1) is 9.09. The van der Waals surface area contributed by atoms with Gasteiger partial charge < -0.3 is 9.84 Å². The van der Waals surface area contributed by atoms with Gasteiger partial charge in [0.05, 0.1) is 5.92 Å². The quantitative estimate of drug-likeness (QED) is 0.464. The molecule has 0 bridgehead atoms. The van der Waals surface area contributed by atoms with E-state index in [0.717, 1.165) is 25.7 Å². The van der Waals surface area contributed by atoms with Gasteiger partial charge in [-0.3, -0.25) is 4.79 Å². The Labute approximate surface area is 113 Å². The van der Waals surface area contributed by atoms with E-state index in [9.17, 15) is 9.59 Å². The molecule has 1 aromatic rings. The summed E-state index contributed by atoms with van der Waals surface area (Å²) in [5, 5.41) is 8.33. The van der Waals surface area contributed by atoms with Gasteiger partial charge in [-0.05, 0) is 24.8 Å². The van der Waals surface area contributed by atoms with Crippen LogP contribution in [0.4, 0.5) is 4.79 Å². The standard InChI is InChI=1S/C15H20O4/c1-12(14(16)19-15(17)18)8-4-2-5-9-13-10-6-3-7-11-13/h3,6-7,10-12H,2,4-5,8-9H2,1H3,(H,17,18). The van der Waals surface area contributed by atoms with E-state index in [0.29, 0.717) is 6.42 Å². The highest BCUT2D eigenvalue weighted by Gasteiger charge is 2.16. The SMILES string of the molecule is CC(CCCCCc1ccccc1)C(=O)OC(=O)O. The number of ether oxygens (including phenoxy) is 1. The van der Waals surface area contributed by atoms with Crippen LogP contribution in [0.3, 0.4) is 0 Å². The van der Waals surface area contributed by atoms with E-state index in [1.165, 1.54) is 5.56 Å². The number of carbonyl (C=O) groups excluding carboxylic acids is 1. The lowest BCUT2D eigenvalue weighted by molar-refractivity contribution is -0.143. The Balaban J connectivity index is 2.10. The lowest BCUT2D eigenvalue weighted by atomic mass is 10.0. The van der Waals surface area contributed by atoms with Gasteiger partial charge in [0, 0.05) is 0 Å². The van der Waals surface area contributed by atoms with Crippen molar-refractivity contribution in [1.29, 1.82) is 0 Å². The monoisotopic (exact) mass is 264 g/mol. The number of unbranched alkanes of at least 4 members (excludes halogenated alkanes) is 2. The highest BCUT2D eigenvalue weighted by molar-refractivity contribution is 5.82. The molecule has 0 aliphatic carbocycles. The first-order valence-corrected chi connectivity index (χ1v) is 6.58. The summed E-state index contributed by atoms with van der Waals surface area (Å²) < 4.78 is 4.12. The molecule has 4 nitrogen and oxygen atoms in total. The van der Waals surface area contributed by atoms with Crippen molar-refractivity contribution >= 4 is 12.1 Å². The summed E-state index contributed by atoms with van der Waals surface area (Å²) in [4.78, 5) is 21.4. The smallest absolute Gasteiger partial charge is 0.449 e. The molecule has 1 N–H and O–H groups in total. The third-order valence-electron chi connectivity index (χ3n) is 3.04. The van der Waals surface area contributed by atoms with Crippen LogP contribution in [0.5, 0.6) is 0 Å². The molecule has 0 spiro atoms. The molecule has 0 aromatic heterocycles. The molecule has 1 atom stereocenters. The van der Waals surface area contributed by atoms with Crippen molar-refractivity contribution in [3.8, 4) is 0 Å². The summed E-state index contributed by atoms with van der Waals surface area (Å²) in [6.45, 7) is 1.70. The molecule has 0 saturated carbocycles. The van der Waals surface area contributed by atoms with Crippen molar-refractivity contribution in [2.75, 3.05) is 0 Å². The first kappa shape index (κ1) is 15.2. The van der Waals surface area contributed by atoms with Crippen LogP contribution in [0.15, 0.2) is 30.3 Å². The molecule has 1 aromatic carbocycles. The van der Waals surface area contributed by atoms with E-state index in [4.69, 9.17) is 5.11 Å². The molecule has 4 heteroatoms. The minimum atomic E-state index is -1.53. The van der Waals surface area contributed by atoms with Crippen LogP contribution in [-0.2, 0) is 16.0 Å². The second-order valence-corrected chi connectivity index (χ2v) is 4.67. The third kappa shape index (κ3) is 6.60. The molecule has 104 valence electrons. The Morgan fingerprint density at radius 1 is 1.16 bits per heavy atom. The molecule has 0 heterocycles. The topological polar surface area (TPSA) is 63.6 Å². The lowest BCUT2D eigenvalue weighted by Crippen LogP contribution is -2.17. The van der Waals surface area contributed by atoms with Crippen LogP contribution in [0.2, 0.25) is 0 Å². The van der Waals surface area contributed by atoms with Gasteiger partial charge in [-0.2, -0.15) is 0 Å². The summed E-state index contributed by atoms with van der Waals surface area (Å²) in [6, 6.07) is 10.3. The van der Waals surface area contributed by atoms with Crippen LogP contribution in [0.1, 0.15) is 38.2 Å². The van der Waals surface area contributed by atoms with Crippen molar-refractivity contribution in [2.24, 2.45) is 5.92 Å². The average Bonchev–Trinajstić information content (AvgIpc) is 2.38. The zero-order chi connectivity index (χ0) is 14.1. The van der Waals surface area contributed by atoms with Crippen molar-refractivity contribution in [3.63, 3.8) is 0 Å². The molecule has 0 aliphatic rings. The van der Waals surface area contributed by atoms with Crippen LogP contribution >= 0.6 is 0 Å². The normalized spacial score (nSPS) is 11.8. The van der Waals surface area contributed by atoms with Crippen LogP contribution in [0.25, 0.3) is 0 Å². The van der Waals surface area contributed by atoms with Gasteiger partial charge in [-0.15, -0.1) is 0 Å². The number of rotatable bonds is 7. The zero-order valence-electron chi connectivity index (χ0n) is 11.2. The maximum atomic E-state index is 11.2. The van der Waals surface area contributed by atoms with E-state index in [1.807, 2.05) is 18.2 Å². The van der Waals surface area contributed by atoms with E-state index in [-0.39, 0.29) is 5.92 Å². The highest BCUT2D eigenvalue weighted by atomic mass is 16.7. The third-order valence-corrected chi connectivity index (χ3v) is 3.04. The maximum Gasteiger partial charge on any atom is 0.513 e. The fraction of sp³-hybridized carbons (Fsp3) is 0.467. The van der Waals surface area contributed by atoms with Crippen LogP contribution in [-0.4, -0.2) is 17.2 Å². The molecular formula is C15H20O4. The number of hydrogen-bond donors (Lipinski definition) is 1. The molecule has 0 saturated heterocycles. The number of carbonyl (C=O) groups is 2. The van der Waals surface area contributed by atoms with E-state index in [2.05, 4.69) is 16.9 Å². The predicted molar refractivity (Wildman–Crippen MR) is 71.9 cm³/mol. The first-order valence-electron chi connectivity index (χ1n) is 6.58. The van der Waals surface area contributed by atoms with Crippen molar-refractivity contribution in [3.05, 3.63) is 35.9 Å². The summed E-state index contributed by atoms with van der Waals surface area (Å²) >= 11 is 0. The molecule has 1 rings (SSSR count). The van der Waals surface area contributed by atoms with E-state index in [1.54, 1.807) is 6.92 Å². The zero-order valence-corrected chi connectivity index (χ0v) is 11.2. The maximum absolute atomic E-state index is 11.2. The fourth-order valence-corrected chi connectivity index (χ4v) is 1.91. The van der Waals surface area contributed by atoms with E-state index >= 15 is 0 Å². The van der Waals surface area contributed by atoms with Gasteiger partial charge >= 0.3 is 12.1 Å². The lowest BCUT2D eigenvalue weighted by Gasteiger charge is -2.08. The number of hydrogen-bond acceptors (Lipinski definition) is 3. The Kier molecular flexibility index (Phi) is 6.64. The Morgan fingerprint density at radius 3 is 2.47 bits per heavy atom. The molecule has 0 radical (unpaired) electrons. The predicted octanol–water partition coefficient (Wildman–Crippen LogP) is 3.65. The highest BCUT2D eigenvalue weighted by Crippen LogP contribution is 2.13. The van der Waals surface area contributed by atoms with Gasteiger partial charge in [0.25, 0.3) is 0 Å². The summed E-state index contributed by atoms with van der Waals surface area (Å²) in [6.07, 6.45) is 3.18. The number of aryl methyl sites for hydroxylation is 1. The van der Waals surface area contributed by atoms with Gasteiger partial charge in [0.2, 0.25) is 0 Å². The van der Waals surface area contributed by atoms with Crippen LogP contribution < -0.4 is 0 Å². The summed E-state index contributed by atoms with van der Waals surface area (Å²) in [5.74, 6) is -1.01. The molecule has 0 aliphatic heterocycles. The van der Waals surface area contributed by atoms with Crippen molar-refractivity contribution < 1.29 is 19.4 Å². The summed E-state index contributed by atoms with van der Waals surface area (Å²) in [5.41, 5.74) is 1.32. The Hall–Kier alpha value is -1.84. The van der Waals surface area contributed by atoms with Gasteiger partial charge in [0.1, 0.15) is 0 Å². The van der Waals surface area contributed by atoms with E-state index < -0.39 is 12.1 Å². The Morgan fingerprint density at radius 2 is 1.84 bits per heavy atom. The Bertz CT molecular complexity index is 400. The minimum Gasteiger partial charge on any atom is -0.449 e. The molecule has 0 fully saturated rings. The summed E-state index contributed by atoms with van der Waals surface area (Å²) in [7, 11) is 0. The molecule has 19 heavy (non-hydrogen) atoms. The van der Waals surface area contributed by atoms with Crippen molar-refractivity contribution in [1.82, 2.24) is 0 Å². The largest absolute Gasteiger partial charge is 0.513 e. The van der Waals surface area contributed by atoms with Gasteiger partial charge in [-0.25, -0.2) is 4.79 Å².